The lowest BCUT2D eigenvalue weighted by Gasteiger charge is -2.05. The van der Waals surface area contributed by atoms with E-state index in [9.17, 15) is 0 Å². The van der Waals surface area contributed by atoms with Crippen LogP contribution in [0, 0.1) is 0 Å². The number of unbranched alkanes of at least 4 members (excludes halogenated alkanes) is 1. The molecule has 1 heterocycles. The highest BCUT2D eigenvalue weighted by atomic mass is 16.5. The van der Waals surface area contributed by atoms with E-state index in [2.05, 4.69) is 17.2 Å². The van der Waals surface area contributed by atoms with Gasteiger partial charge in [-0.05, 0) is 43.5 Å². The zero-order chi connectivity index (χ0) is 14.5. The van der Waals surface area contributed by atoms with E-state index in [0.29, 0.717) is 11.9 Å². The Labute approximate surface area is 125 Å². The second-order valence-corrected chi connectivity index (χ2v) is 5.53. The number of rotatable bonds is 8. The predicted molar refractivity (Wildman–Crippen MR) is 82.2 cm³/mol. The summed E-state index contributed by atoms with van der Waals surface area (Å²) in [6.45, 7) is 3.71. The largest absolute Gasteiger partial charge is 0.494 e. The van der Waals surface area contributed by atoms with Crippen LogP contribution in [-0.2, 0) is 6.54 Å². The first-order valence-corrected chi connectivity index (χ1v) is 7.76. The number of nitrogens with zero attached hydrogens (tertiary/aromatic N) is 1. The molecule has 0 spiro atoms. The maximum atomic E-state index is 5.65. The highest BCUT2D eigenvalue weighted by Crippen LogP contribution is 2.23. The first kappa shape index (κ1) is 14.1. The fraction of sp³-hybridized carbons (Fsp3) is 0.471. The van der Waals surface area contributed by atoms with Gasteiger partial charge in [0, 0.05) is 18.2 Å². The summed E-state index contributed by atoms with van der Waals surface area (Å²) in [6, 6.07) is 8.61. The number of hydrogen-bond acceptors (Lipinski definition) is 4. The average Bonchev–Trinajstić information content (AvgIpc) is 3.23. The minimum Gasteiger partial charge on any atom is -0.494 e. The zero-order valence-corrected chi connectivity index (χ0v) is 12.5. The first-order valence-electron chi connectivity index (χ1n) is 7.76. The second-order valence-electron chi connectivity index (χ2n) is 5.53. The molecule has 0 bridgehead atoms. The zero-order valence-electron chi connectivity index (χ0n) is 12.5. The van der Waals surface area contributed by atoms with Gasteiger partial charge in [0.25, 0.3) is 0 Å². The van der Waals surface area contributed by atoms with Crippen LogP contribution in [-0.4, -0.2) is 17.6 Å². The minimum absolute atomic E-state index is 0.669. The third kappa shape index (κ3) is 4.08. The van der Waals surface area contributed by atoms with Gasteiger partial charge in [-0.1, -0.05) is 13.3 Å². The van der Waals surface area contributed by atoms with Crippen molar-refractivity contribution >= 4 is 0 Å². The van der Waals surface area contributed by atoms with Gasteiger partial charge in [-0.2, -0.15) is 0 Å². The Bertz CT molecular complexity index is 558. The molecule has 1 aliphatic carbocycles. The van der Waals surface area contributed by atoms with Crippen molar-refractivity contribution in [2.75, 3.05) is 6.61 Å². The van der Waals surface area contributed by atoms with Crippen molar-refractivity contribution in [1.29, 1.82) is 0 Å². The fourth-order valence-electron chi connectivity index (χ4n) is 2.09. The maximum absolute atomic E-state index is 5.65. The molecule has 4 nitrogen and oxygen atoms in total. The Morgan fingerprint density at radius 3 is 2.81 bits per heavy atom. The van der Waals surface area contributed by atoms with E-state index in [1.165, 1.54) is 12.8 Å². The number of benzene rings is 1. The SMILES string of the molecule is CCCCOc1ccc(-c2nc(CNC3CC3)co2)cc1. The van der Waals surface area contributed by atoms with Crippen LogP contribution in [0.15, 0.2) is 34.9 Å². The van der Waals surface area contributed by atoms with E-state index in [4.69, 9.17) is 9.15 Å². The molecule has 112 valence electrons. The molecule has 0 atom stereocenters. The monoisotopic (exact) mass is 286 g/mol. The van der Waals surface area contributed by atoms with Gasteiger partial charge in [0.2, 0.25) is 5.89 Å². The van der Waals surface area contributed by atoms with Gasteiger partial charge < -0.3 is 14.5 Å². The summed E-state index contributed by atoms with van der Waals surface area (Å²) in [5, 5.41) is 3.43. The lowest BCUT2D eigenvalue weighted by atomic mass is 10.2. The summed E-state index contributed by atoms with van der Waals surface area (Å²) in [7, 11) is 0. The number of aromatic nitrogens is 1. The first-order chi connectivity index (χ1) is 10.3. The van der Waals surface area contributed by atoms with Crippen LogP contribution in [0.3, 0.4) is 0 Å². The number of nitrogens with one attached hydrogen (secondary N) is 1. The average molecular weight is 286 g/mol. The van der Waals surface area contributed by atoms with E-state index in [-0.39, 0.29) is 0 Å². The summed E-state index contributed by atoms with van der Waals surface area (Å²) >= 11 is 0. The molecule has 1 N–H and O–H groups in total. The highest BCUT2D eigenvalue weighted by Gasteiger charge is 2.20. The van der Waals surface area contributed by atoms with E-state index < -0.39 is 0 Å². The van der Waals surface area contributed by atoms with Gasteiger partial charge in [-0.3, -0.25) is 0 Å². The smallest absolute Gasteiger partial charge is 0.226 e. The highest BCUT2D eigenvalue weighted by molar-refractivity contribution is 5.54. The third-order valence-corrected chi connectivity index (χ3v) is 3.57. The number of ether oxygens (including phenoxy) is 1. The Balaban J connectivity index is 1.57. The van der Waals surface area contributed by atoms with Gasteiger partial charge in [0.1, 0.15) is 12.0 Å². The van der Waals surface area contributed by atoms with Crippen molar-refractivity contribution in [1.82, 2.24) is 10.3 Å². The van der Waals surface area contributed by atoms with E-state index in [1.807, 2.05) is 24.3 Å². The van der Waals surface area contributed by atoms with Crippen LogP contribution in [0.1, 0.15) is 38.3 Å². The molecule has 3 rings (SSSR count). The van der Waals surface area contributed by atoms with Crippen molar-refractivity contribution in [3.05, 3.63) is 36.2 Å². The second kappa shape index (κ2) is 6.76. The van der Waals surface area contributed by atoms with E-state index in [0.717, 1.165) is 43.0 Å². The van der Waals surface area contributed by atoms with Crippen molar-refractivity contribution in [2.24, 2.45) is 0 Å². The maximum Gasteiger partial charge on any atom is 0.226 e. The molecule has 0 saturated heterocycles. The Morgan fingerprint density at radius 1 is 1.29 bits per heavy atom. The molecule has 0 radical (unpaired) electrons. The molecule has 0 aliphatic heterocycles. The van der Waals surface area contributed by atoms with Crippen LogP contribution in [0.25, 0.3) is 11.5 Å². The third-order valence-electron chi connectivity index (χ3n) is 3.57. The Morgan fingerprint density at radius 2 is 2.10 bits per heavy atom. The molecule has 2 aromatic rings. The van der Waals surface area contributed by atoms with Gasteiger partial charge >= 0.3 is 0 Å². The molecular formula is C17H22N2O2. The molecule has 1 aliphatic rings. The van der Waals surface area contributed by atoms with Gasteiger partial charge in [0.15, 0.2) is 0 Å². The quantitative estimate of drug-likeness (QED) is 0.750. The molecule has 0 unspecified atom stereocenters. The summed E-state index contributed by atoms with van der Waals surface area (Å²) in [6.07, 6.45) is 6.52. The topological polar surface area (TPSA) is 47.3 Å². The fourth-order valence-corrected chi connectivity index (χ4v) is 2.09. The van der Waals surface area contributed by atoms with Crippen molar-refractivity contribution in [2.45, 2.75) is 45.2 Å². The lowest BCUT2D eigenvalue weighted by Crippen LogP contribution is -2.15. The van der Waals surface area contributed by atoms with Gasteiger partial charge in [0.05, 0.1) is 12.3 Å². The van der Waals surface area contributed by atoms with Crippen molar-refractivity contribution < 1.29 is 9.15 Å². The standard InChI is InChI=1S/C17H22N2O2/c1-2-3-10-20-16-8-4-13(5-9-16)17-19-15(12-21-17)11-18-14-6-7-14/h4-5,8-9,12,14,18H,2-3,6-7,10-11H2,1H3. The summed E-state index contributed by atoms with van der Waals surface area (Å²) in [5.41, 5.74) is 1.94. The molecule has 1 fully saturated rings. The van der Waals surface area contributed by atoms with Crippen LogP contribution in [0.2, 0.25) is 0 Å². The molecular weight excluding hydrogens is 264 g/mol. The Kier molecular flexibility index (Phi) is 4.55. The van der Waals surface area contributed by atoms with Crippen molar-refractivity contribution in [3.63, 3.8) is 0 Å². The molecule has 1 saturated carbocycles. The molecule has 0 amide bonds. The molecule has 1 aromatic heterocycles. The molecule has 21 heavy (non-hydrogen) atoms. The summed E-state index contributed by atoms with van der Waals surface area (Å²) in [5.74, 6) is 1.57. The normalized spacial score (nSPS) is 14.3. The van der Waals surface area contributed by atoms with Crippen molar-refractivity contribution in [3.8, 4) is 17.2 Å². The Hall–Kier alpha value is -1.81. The minimum atomic E-state index is 0.669. The van der Waals surface area contributed by atoms with Crippen LogP contribution >= 0.6 is 0 Å². The van der Waals surface area contributed by atoms with Gasteiger partial charge in [-0.15, -0.1) is 0 Å². The van der Waals surface area contributed by atoms with Crippen LogP contribution < -0.4 is 10.1 Å². The van der Waals surface area contributed by atoms with E-state index >= 15 is 0 Å². The summed E-state index contributed by atoms with van der Waals surface area (Å²) in [4.78, 5) is 4.52. The van der Waals surface area contributed by atoms with Crippen LogP contribution in [0.5, 0.6) is 5.75 Å². The summed E-state index contributed by atoms with van der Waals surface area (Å²) < 4.78 is 11.2. The number of hydrogen-bond donors (Lipinski definition) is 1. The van der Waals surface area contributed by atoms with E-state index in [1.54, 1.807) is 6.26 Å². The lowest BCUT2D eigenvalue weighted by molar-refractivity contribution is 0.309. The molecule has 4 heteroatoms. The number of oxazole rings is 1. The predicted octanol–water partition coefficient (Wildman–Crippen LogP) is 3.77. The molecule has 1 aromatic carbocycles. The van der Waals surface area contributed by atoms with Gasteiger partial charge in [-0.25, -0.2) is 4.98 Å². The van der Waals surface area contributed by atoms with Crippen LogP contribution in [0.4, 0.5) is 0 Å².